The average molecular weight is 393 g/mol. The molecule has 2 aromatic carbocycles. The molecule has 6 heteroatoms. The third-order valence-corrected chi connectivity index (χ3v) is 4.93. The molecule has 130 valence electrons. The molecule has 0 aliphatic carbocycles. The van der Waals surface area contributed by atoms with Gasteiger partial charge in [0.2, 0.25) is 0 Å². The molecule has 0 fully saturated rings. The number of benzene rings is 2. The molecule has 0 saturated carbocycles. The van der Waals surface area contributed by atoms with Crippen LogP contribution in [0.4, 0.5) is 0 Å². The van der Waals surface area contributed by atoms with Crippen LogP contribution < -0.4 is 4.74 Å². The van der Waals surface area contributed by atoms with Crippen molar-refractivity contribution in [1.82, 2.24) is 9.97 Å². The molecule has 1 aromatic heterocycles. The van der Waals surface area contributed by atoms with E-state index in [-0.39, 0.29) is 0 Å². The molecule has 0 aliphatic rings. The Kier molecular flexibility index (Phi) is 5.94. The Morgan fingerprint density at radius 2 is 1.76 bits per heavy atom. The van der Waals surface area contributed by atoms with Crippen molar-refractivity contribution >= 4 is 35.0 Å². The van der Waals surface area contributed by atoms with Gasteiger partial charge >= 0.3 is 0 Å². The van der Waals surface area contributed by atoms with Crippen LogP contribution in [0.3, 0.4) is 0 Å². The minimum Gasteiger partial charge on any atom is -0.460 e. The van der Waals surface area contributed by atoms with Crippen molar-refractivity contribution in [2.24, 2.45) is 0 Å². The molecule has 25 heavy (non-hydrogen) atoms. The molecule has 0 atom stereocenters. The first-order chi connectivity index (χ1) is 12.0. The normalized spacial score (nSPS) is 11.1. The molecule has 3 aromatic rings. The highest BCUT2D eigenvalue weighted by molar-refractivity contribution is 7.99. The summed E-state index contributed by atoms with van der Waals surface area (Å²) in [5.41, 5.74) is 2.13. The number of H-pyrrole nitrogens is 1. The van der Waals surface area contributed by atoms with Crippen LogP contribution in [0.5, 0.6) is 6.01 Å². The zero-order valence-corrected chi connectivity index (χ0v) is 16.3. The summed E-state index contributed by atoms with van der Waals surface area (Å²) in [7, 11) is 0. The first-order valence-corrected chi connectivity index (χ1v) is 9.49. The van der Waals surface area contributed by atoms with Crippen LogP contribution >= 0.6 is 35.0 Å². The lowest BCUT2D eigenvalue weighted by molar-refractivity contribution is 0.282. The first kappa shape index (κ1) is 18.2. The monoisotopic (exact) mass is 392 g/mol. The second kappa shape index (κ2) is 8.17. The fourth-order valence-corrected chi connectivity index (χ4v) is 4.09. The summed E-state index contributed by atoms with van der Waals surface area (Å²) < 4.78 is 5.82. The molecule has 3 nitrogen and oxygen atoms in total. The van der Waals surface area contributed by atoms with Gasteiger partial charge in [-0.3, -0.25) is 0 Å². The summed E-state index contributed by atoms with van der Waals surface area (Å²) >= 11 is 13.7. The van der Waals surface area contributed by atoms with Gasteiger partial charge in [-0.15, -0.1) is 0 Å². The Labute approximate surface area is 161 Å². The smallest absolute Gasteiger partial charge is 0.295 e. The number of rotatable bonds is 6. The van der Waals surface area contributed by atoms with E-state index < -0.39 is 0 Å². The van der Waals surface area contributed by atoms with Crippen LogP contribution in [0.2, 0.25) is 10.0 Å². The Balaban J connectivity index is 1.79. The van der Waals surface area contributed by atoms with Crippen molar-refractivity contribution in [2.45, 2.75) is 36.3 Å². The minimum atomic E-state index is 0.290. The fraction of sp³-hybridized carbons (Fsp3) is 0.211. The highest BCUT2D eigenvalue weighted by Crippen LogP contribution is 2.36. The van der Waals surface area contributed by atoms with Gasteiger partial charge in [0.25, 0.3) is 6.01 Å². The Bertz CT molecular complexity index is 830. The number of nitrogens with zero attached hydrogens (tertiary/aromatic N) is 1. The van der Waals surface area contributed by atoms with Gasteiger partial charge in [0.15, 0.2) is 0 Å². The number of aromatic nitrogens is 2. The number of hydrogen-bond acceptors (Lipinski definition) is 3. The van der Waals surface area contributed by atoms with E-state index in [2.05, 4.69) is 23.8 Å². The van der Waals surface area contributed by atoms with Crippen LogP contribution in [-0.2, 0) is 6.61 Å². The predicted molar refractivity (Wildman–Crippen MR) is 104 cm³/mol. The maximum Gasteiger partial charge on any atom is 0.295 e. The molecular formula is C19H18Cl2N2OS. The third-order valence-electron chi connectivity index (χ3n) is 3.52. The van der Waals surface area contributed by atoms with Gasteiger partial charge in [-0.25, -0.2) is 0 Å². The predicted octanol–water partition coefficient (Wildman–Crippen LogP) is 6.57. The molecule has 0 saturated heterocycles. The van der Waals surface area contributed by atoms with E-state index in [1.54, 1.807) is 6.07 Å². The quantitative estimate of drug-likeness (QED) is 0.515. The topological polar surface area (TPSA) is 37.9 Å². The van der Waals surface area contributed by atoms with Crippen molar-refractivity contribution in [1.29, 1.82) is 0 Å². The highest BCUT2D eigenvalue weighted by atomic mass is 35.5. The van der Waals surface area contributed by atoms with Crippen LogP contribution in [-0.4, -0.2) is 9.97 Å². The lowest BCUT2D eigenvalue weighted by atomic mass is 10.2. The molecule has 3 rings (SSSR count). The number of nitrogens with one attached hydrogen (secondary N) is 1. The maximum absolute atomic E-state index is 6.09. The molecule has 0 radical (unpaired) electrons. The Hall–Kier alpha value is -1.62. The number of halogens is 2. The van der Waals surface area contributed by atoms with E-state index >= 15 is 0 Å². The lowest BCUT2D eigenvalue weighted by Crippen LogP contribution is -1.96. The van der Waals surface area contributed by atoms with Crippen LogP contribution in [0, 0.1) is 0 Å². The van der Waals surface area contributed by atoms with E-state index in [4.69, 9.17) is 27.9 Å². The number of aromatic amines is 1. The molecule has 0 bridgehead atoms. The third kappa shape index (κ3) is 4.94. The van der Waals surface area contributed by atoms with Crippen molar-refractivity contribution in [3.8, 4) is 6.01 Å². The van der Waals surface area contributed by atoms with Crippen LogP contribution in [0.1, 0.15) is 31.0 Å². The van der Waals surface area contributed by atoms with Gasteiger partial charge in [-0.05, 0) is 29.7 Å². The fourth-order valence-electron chi connectivity index (χ4n) is 2.31. The molecule has 0 amide bonds. The number of hydrogen-bond donors (Lipinski definition) is 1. The number of imidazole rings is 1. The van der Waals surface area contributed by atoms with Crippen molar-refractivity contribution in [3.63, 3.8) is 0 Å². The zero-order chi connectivity index (χ0) is 17.8. The van der Waals surface area contributed by atoms with Gasteiger partial charge in [0.05, 0.1) is 5.69 Å². The molecule has 1 heterocycles. The van der Waals surface area contributed by atoms with E-state index in [1.165, 1.54) is 11.8 Å². The Morgan fingerprint density at radius 3 is 2.40 bits per heavy atom. The summed E-state index contributed by atoms with van der Waals surface area (Å²) in [6.07, 6.45) is 0. The van der Waals surface area contributed by atoms with E-state index in [9.17, 15) is 0 Å². The number of ether oxygens (including phenoxy) is 1. The standard InChI is InChI=1S/C19H18Cl2N2OS/c1-12(2)17-18(25-16-9-14(20)8-15(21)10-16)23-19(22-17)24-11-13-6-4-3-5-7-13/h3-10,12H,11H2,1-2H3,(H,22,23). The van der Waals surface area contributed by atoms with Gasteiger partial charge in [-0.2, -0.15) is 4.98 Å². The van der Waals surface area contributed by atoms with E-state index in [1.807, 2.05) is 42.5 Å². The summed E-state index contributed by atoms with van der Waals surface area (Å²) in [5, 5.41) is 2.09. The van der Waals surface area contributed by atoms with E-state index in [0.717, 1.165) is 21.2 Å². The second-order valence-corrected chi connectivity index (χ2v) is 7.83. The summed E-state index contributed by atoms with van der Waals surface area (Å²) in [4.78, 5) is 8.83. The van der Waals surface area contributed by atoms with Crippen LogP contribution in [0.15, 0.2) is 58.5 Å². The van der Waals surface area contributed by atoms with Crippen molar-refractivity contribution in [2.75, 3.05) is 0 Å². The van der Waals surface area contributed by atoms with Crippen molar-refractivity contribution in [3.05, 3.63) is 69.8 Å². The summed E-state index contributed by atoms with van der Waals surface area (Å²) in [5.74, 6) is 0.290. The SMILES string of the molecule is CC(C)c1[nH]c(OCc2ccccc2)nc1Sc1cc(Cl)cc(Cl)c1. The van der Waals surface area contributed by atoms with Gasteiger partial charge in [0.1, 0.15) is 11.6 Å². The van der Waals surface area contributed by atoms with E-state index in [0.29, 0.717) is 28.6 Å². The van der Waals surface area contributed by atoms with Crippen molar-refractivity contribution < 1.29 is 4.74 Å². The van der Waals surface area contributed by atoms with Gasteiger partial charge in [0, 0.05) is 14.9 Å². The summed E-state index contributed by atoms with van der Waals surface area (Å²) in [6, 6.07) is 16.0. The maximum atomic E-state index is 6.09. The molecule has 0 spiro atoms. The van der Waals surface area contributed by atoms with Crippen LogP contribution in [0.25, 0.3) is 0 Å². The minimum absolute atomic E-state index is 0.290. The summed E-state index contributed by atoms with van der Waals surface area (Å²) in [6.45, 7) is 4.70. The lowest BCUT2D eigenvalue weighted by Gasteiger charge is -2.05. The molecule has 0 aliphatic heterocycles. The second-order valence-electron chi connectivity index (χ2n) is 5.90. The largest absolute Gasteiger partial charge is 0.460 e. The molecular weight excluding hydrogens is 375 g/mol. The highest BCUT2D eigenvalue weighted by Gasteiger charge is 2.16. The Morgan fingerprint density at radius 1 is 1.08 bits per heavy atom. The molecule has 0 unspecified atom stereocenters. The first-order valence-electron chi connectivity index (χ1n) is 7.92. The van der Waals surface area contributed by atoms with Gasteiger partial charge < -0.3 is 9.72 Å². The van der Waals surface area contributed by atoms with Gasteiger partial charge in [-0.1, -0.05) is 79.1 Å². The average Bonchev–Trinajstić information content (AvgIpc) is 2.96. The zero-order valence-electron chi connectivity index (χ0n) is 13.9. The molecule has 1 N–H and O–H groups in total.